The van der Waals surface area contributed by atoms with Gasteiger partial charge in [0.05, 0.1) is 38.6 Å². The van der Waals surface area contributed by atoms with Gasteiger partial charge >= 0.3 is 5.97 Å². The maximum Gasteiger partial charge on any atom is 0.320 e. The van der Waals surface area contributed by atoms with Crippen molar-refractivity contribution in [3.63, 3.8) is 0 Å². The number of aliphatic carboxylic acids is 1. The van der Waals surface area contributed by atoms with Crippen molar-refractivity contribution in [2.24, 2.45) is 5.73 Å². The fraction of sp³-hybridized carbons (Fsp3) is 0.667. The molecular formula is C12H15Cl6N3O2. The van der Waals surface area contributed by atoms with E-state index in [0.717, 1.165) is 5.69 Å². The highest BCUT2D eigenvalue weighted by molar-refractivity contribution is 6.45. The molecule has 0 unspecified atom stereocenters. The van der Waals surface area contributed by atoms with Gasteiger partial charge in [0.1, 0.15) is 6.04 Å². The van der Waals surface area contributed by atoms with E-state index in [-0.39, 0.29) is 6.42 Å². The number of hydrogen-bond donors (Lipinski definition) is 3. The van der Waals surface area contributed by atoms with Crippen LogP contribution in [0, 0.1) is 0 Å². The summed E-state index contributed by atoms with van der Waals surface area (Å²) in [7, 11) is 0. The molecule has 1 aliphatic carbocycles. The summed E-state index contributed by atoms with van der Waals surface area (Å²) < 4.78 is 0. The smallest absolute Gasteiger partial charge is 0.320 e. The molecule has 1 saturated carbocycles. The maximum atomic E-state index is 10.3. The Bertz CT molecular complexity index is 433. The summed E-state index contributed by atoms with van der Waals surface area (Å²) in [6.07, 6.45) is 3.34. The summed E-state index contributed by atoms with van der Waals surface area (Å²) in [6.45, 7) is 0. The van der Waals surface area contributed by atoms with E-state index in [1.165, 1.54) is 6.33 Å². The highest BCUT2D eigenvalue weighted by atomic mass is 35.5. The third-order valence-corrected chi connectivity index (χ3v) is 7.17. The molecule has 1 aliphatic rings. The number of imidazole rings is 1. The number of nitrogens with zero attached hydrogens (tertiary/aromatic N) is 1. The van der Waals surface area contributed by atoms with Gasteiger partial charge in [-0.05, 0) is 0 Å². The highest BCUT2D eigenvalue weighted by Gasteiger charge is 2.46. The number of halogens is 6. The number of carbonyl (C=O) groups is 1. The predicted molar refractivity (Wildman–Crippen MR) is 95.7 cm³/mol. The summed E-state index contributed by atoms with van der Waals surface area (Å²) in [5.74, 6) is -1.00. The minimum absolute atomic E-state index is 0.287. The molecule has 23 heavy (non-hydrogen) atoms. The van der Waals surface area contributed by atoms with Crippen LogP contribution in [0.4, 0.5) is 0 Å². The van der Waals surface area contributed by atoms with Gasteiger partial charge in [-0.1, -0.05) is 0 Å². The van der Waals surface area contributed by atoms with Crippen LogP contribution in [-0.2, 0) is 11.2 Å². The van der Waals surface area contributed by atoms with Crippen molar-refractivity contribution in [3.05, 3.63) is 18.2 Å². The molecule has 2 rings (SSSR count). The third-order valence-electron chi connectivity index (χ3n) is 3.14. The predicted octanol–water partition coefficient (Wildman–Crippen LogP) is 3.01. The molecule has 0 radical (unpaired) electrons. The van der Waals surface area contributed by atoms with Gasteiger partial charge in [-0.25, -0.2) is 4.98 Å². The normalized spacial score (nSPS) is 35.1. The number of aromatic nitrogens is 2. The van der Waals surface area contributed by atoms with Crippen LogP contribution in [0.5, 0.6) is 0 Å². The van der Waals surface area contributed by atoms with Crippen LogP contribution in [0.15, 0.2) is 12.5 Å². The zero-order valence-electron chi connectivity index (χ0n) is 11.6. The van der Waals surface area contributed by atoms with Gasteiger partial charge in [0.25, 0.3) is 0 Å². The van der Waals surface area contributed by atoms with E-state index >= 15 is 0 Å². The Morgan fingerprint density at radius 3 is 1.74 bits per heavy atom. The Morgan fingerprint density at radius 1 is 1.09 bits per heavy atom. The molecule has 0 amide bonds. The van der Waals surface area contributed by atoms with Crippen molar-refractivity contribution in [2.75, 3.05) is 0 Å². The number of alkyl halides is 6. The SMILES string of the molecule is ClC1C(Cl)C(Cl)C(Cl)C(Cl)C1Cl.N[C@@H](Cc1cnc[nH]1)C(=O)O. The van der Waals surface area contributed by atoms with Gasteiger partial charge in [0.15, 0.2) is 0 Å². The van der Waals surface area contributed by atoms with E-state index in [4.69, 9.17) is 80.4 Å². The molecule has 4 N–H and O–H groups in total. The molecule has 1 aromatic rings. The highest BCUT2D eigenvalue weighted by Crippen LogP contribution is 2.39. The van der Waals surface area contributed by atoms with Crippen molar-refractivity contribution in [2.45, 2.75) is 44.7 Å². The fourth-order valence-corrected chi connectivity index (χ4v) is 4.10. The minimum atomic E-state index is -1.00. The number of nitrogens with two attached hydrogens (primary N) is 1. The Labute approximate surface area is 163 Å². The van der Waals surface area contributed by atoms with Crippen molar-refractivity contribution >= 4 is 75.6 Å². The second-order valence-electron chi connectivity index (χ2n) is 4.89. The van der Waals surface area contributed by atoms with Crippen LogP contribution in [0.1, 0.15) is 5.69 Å². The van der Waals surface area contributed by atoms with Crippen LogP contribution in [0.3, 0.4) is 0 Å². The second kappa shape index (κ2) is 9.76. The topological polar surface area (TPSA) is 92.0 Å². The van der Waals surface area contributed by atoms with Gasteiger partial charge in [-0.15, -0.1) is 69.6 Å². The van der Waals surface area contributed by atoms with Crippen molar-refractivity contribution in [3.8, 4) is 0 Å². The Morgan fingerprint density at radius 2 is 1.48 bits per heavy atom. The Kier molecular flexibility index (Phi) is 9.09. The first-order valence-corrected chi connectivity index (χ1v) is 9.08. The number of carboxylic acids is 1. The molecule has 5 nitrogen and oxygen atoms in total. The number of carboxylic acid groups (broad SMARTS) is 1. The van der Waals surface area contributed by atoms with Crippen molar-refractivity contribution < 1.29 is 9.90 Å². The summed E-state index contributed by atoms with van der Waals surface area (Å²) in [4.78, 5) is 16.8. The number of hydrogen-bond acceptors (Lipinski definition) is 3. The Hall–Kier alpha value is 0.380. The first kappa shape index (κ1) is 21.4. The van der Waals surface area contributed by atoms with Crippen molar-refractivity contribution in [1.29, 1.82) is 0 Å². The molecule has 1 aromatic heterocycles. The average molecular weight is 446 g/mol. The first-order chi connectivity index (χ1) is 10.7. The van der Waals surface area contributed by atoms with Crippen LogP contribution in [0.25, 0.3) is 0 Å². The molecular weight excluding hydrogens is 431 g/mol. The number of aromatic amines is 1. The lowest BCUT2D eigenvalue weighted by Gasteiger charge is -2.37. The largest absolute Gasteiger partial charge is 0.480 e. The van der Waals surface area contributed by atoms with E-state index in [0.29, 0.717) is 0 Å². The van der Waals surface area contributed by atoms with Gasteiger partial charge in [-0.3, -0.25) is 4.79 Å². The van der Waals surface area contributed by atoms with Crippen LogP contribution < -0.4 is 5.73 Å². The second-order valence-corrected chi connectivity index (χ2v) is 7.92. The van der Waals surface area contributed by atoms with Gasteiger partial charge < -0.3 is 15.8 Å². The molecule has 1 atom stereocenters. The molecule has 0 bridgehead atoms. The van der Waals surface area contributed by atoms with Gasteiger partial charge in [0, 0.05) is 18.3 Å². The lowest BCUT2D eigenvalue weighted by atomic mass is 9.97. The molecule has 1 heterocycles. The summed E-state index contributed by atoms with van der Waals surface area (Å²) in [5, 5.41) is 5.80. The molecule has 11 heteroatoms. The van der Waals surface area contributed by atoms with Crippen LogP contribution in [-0.4, -0.2) is 59.3 Å². The van der Waals surface area contributed by atoms with Crippen LogP contribution >= 0.6 is 69.6 Å². The zero-order valence-corrected chi connectivity index (χ0v) is 16.1. The van der Waals surface area contributed by atoms with Crippen LogP contribution in [0.2, 0.25) is 0 Å². The van der Waals surface area contributed by atoms with E-state index in [2.05, 4.69) is 9.97 Å². The minimum Gasteiger partial charge on any atom is -0.480 e. The Balaban J connectivity index is 0.000000231. The van der Waals surface area contributed by atoms with Gasteiger partial charge in [-0.2, -0.15) is 0 Å². The standard InChI is InChI=1S/C6H6Cl6.C6H9N3O2/c7-1-2(8)4(10)6(12)5(11)3(1)9;7-5(6(10)11)1-4-2-8-3-9-4/h1-6H;2-3,5H,1,7H2,(H,8,9)(H,10,11)/t;5-/m.0/s1. The molecule has 0 aromatic carbocycles. The zero-order chi connectivity index (χ0) is 17.7. The molecule has 1 fully saturated rings. The number of rotatable bonds is 3. The van der Waals surface area contributed by atoms with E-state index in [9.17, 15) is 4.79 Å². The summed E-state index contributed by atoms with van der Waals surface area (Å²) >= 11 is 35.3. The summed E-state index contributed by atoms with van der Waals surface area (Å²) in [6, 6.07) is -0.851. The average Bonchev–Trinajstić information content (AvgIpc) is 3.02. The number of nitrogens with one attached hydrogen (secondary N) is 1. The molecule has 132 valence electrons. The van der Waals surface area contributed by atoms with Crippen molar-refractivity contribution in [1.82, 2.24) is 9.97 Å². The molecule has 0 aliphatic heterocycles. The molecule has 0 spiro atoms. The summed E-state index contributed by atoms with van der Waals surface area (Å²) in [5.41, 5.74) is 6.00. The third kappa shape index (κ3) is 5.99. The molecule has 0 saturated heterocycles. The van der Waals surface area contributed by atoms with E-state index in [1.54, 1.807) is 6.20 Å². The quantitative estimate of drug-likeness (QED) is 0.623. The fourth-order valence-electron chi connectivity index (χ4n) is 1.77. The first-order valence-electron chi connectivity index (χ1n) is 6.46. The lowest BCUT2D eigenvalue weighted by molar-refractivity contribution is -0.138. The lowest BCUT2D eigenvalue weighted by Crippen LogP contribution is -2.52. The van der Waals surface area contributed by atoms with Gasteiger partial charge in [0.2, 0.25) is 0 Å². The maximum absolute atomic E-state index is 10.3. The van der Waals surface area contributed by atoms with E-state index < -0.39 is 44.3 Å². The number of H-pyrrole nitrogens is 1. The monoisotopic (exact) mass is 443 g/mol. The van der Waals surface area contributed by atoms with E-state index in [1.807, 2.05) is 0 Å².